The fraction of sp³-hybridized carbons (Fsp3) is 0.286. The lowest BCUT2D eigenvalue weighted by molar-refractivity contribution is 0.252. The summed E-state index contributed by atoms with van der Waals surface area (Å²) < 4.78 is 3.56. The number of hydrogen-bond acceptors (Lipinski definition) is 4. The first kappa shape index (κ1) is 14.1. The van der Waals surface area contributed by atoms with Crippen molar-refractivity contribution in [2.75, 3.05) is 11.9 Å². The minimum atomic E-state index is -0.270. The third-order valence-corrected chi connectivity index (χ3v) is 3.28. The molecule has 0 aliphatic rings. The van der Waals surface area contributed by atoms with E-state index in [0.29, 0.717) is 18.2 Å². The molecule has 3 heterocycles. The van der Waals surface area contributed by atoms with E-state index < -0.39 is 0 Å². The molecule has 8 nitrogen and oxygen atoms in total. The normalized spacial score (nSPS) is 10.9. The van der Waals surface area contributed by atoms with Crippen molar-refractivity contribution in [1.82, 2.24) is 29.5 Å². The molecular formula is C14H17N7O. The molecule has 0 unspecified atom stereocenters. The lowest BCUT2D eigenvalue weighted by Crippen LogP contribution is -2.28. The number of nitrogens with zero attached hydrogens (tertiary/aromatic N) is 5. The summed E-state index contributed by atoms with van der Waals surface area (Å²) in [7, 11) is 1.86. The van der Waals surface area contributed by atoms with Crippen molar-refractivity contribution in [1.29, 1.82) is 0 Å². The molecule has 0 aromatic carbocycles. The van der Waals surface area contributed by atoms with E-state index in [4.69, 9.17) is 0 Å². The third kappa shape index (κ3) is 2.62. The molecule has 0 atom stereocenters. The lowest BCUT2D eigenvalue weighted by Gasteiger charge is -2.00. The molecule has 0 radical (unpaired) electrons. The maximum atomic E-state index is 11.5. The van der Waals surface area contributed by atoms with Crippen molar-refractivity contribution in [3.63, 3.8) is 0 Å². The standard InChI is InChI=1S/C14H17N7O/c1-4-15-14(22)18-11-8-21-6-5-10(7-12(21)17-11)13-16-9(2)20(3)19-13/h5-8H,4H2,1-3H3,(H2,15,18,22). The summed E-state index contributed by atoms with van der Waals surface area (Å²) in [6, 6.07) is 3.53. The molecule has 3 aromatic rings. The van der Waals surface area contributed by atoms with Gasteiger partial charge in [0.2, 0.25) is 0 Å². The molecular weight excluding hydrogens is 282 g/mol. The Morgan fingerprint density at radius 1 is 1.36 bits per heavy atom. The Bertz CT molecular complexity index is 813. The SMILES string of the molecule is CCNC(=O)Nc1cn2ccc(-c3nc(C)n(C)n3)cc2n1. The molecule has 0 fully saturated rings. The number of nitrogens with one attached hydrogen (secondary N) is 2. The van der Waals surface area contributed by atoms with Crippen molar-refractivity contribution in [2.24, 2.45) is 7.05 Å². The van der Waals surface area contributed by atoms with Crippen molar-refractivity contribution < 1.29 is 4.79 Å². The largest absolute Gasteiger partial charge is 0.338 e. The van der Waals surface area contributed by atoms with Gasteiger partial charge in [0.1, 0.15) is 11.5 Å². The van der Waals surface area contributed by atoms with Crippen molar-refractivity contribution in [3.05, 3.63) is 30.4 Å². The highest BCUT2D eigenvalue weighted by Crippen LogP contribution is 2.19. The lowest BCUT2D eigenvalue weighted by atomic mass is 10.2. The second-order valence-electron chi connectivity index (χ2n) is 4.90. The zero-order valence-electron chi connectivity index (χ0n) is 12.7. The predicted octanol–water partition coefficient (Wildman–Crippen LogP) is 1.58. The molecule has 0 spiro atoms. The first-order valence-corrected chi connectivity index (χ1v) is 6.98. The van der Waals surface area contributed by atoms with Gasteiger partial charge in [-0.1, -0.05) is 0 Å². The van der Waals surface area contributed by atoms with Gasteiger partial charge in [-0.15, -0.1) is 0 Å². The van der Waals surface area contributed by atoms with Gasteiger partial charge in [-0.2, -0.15) is 5.10 Å². The van der Waals surface area contributed by atoms with Gasteiger partial charge in [-0.05, 0) is 26.0 Å². The second kappa shape index (κ2) is 5.47. The summed E-state index contributed by atoms with van der Waals surface area (Å²) in [6.45, 7) is 4.32. The predicted molar refractivity (Wildman–Crippen MR) is 82.6 cm³/mol. The zero-order valence-corrected chi connectivity index (χ0v) is 12.7. The number of pyridine rings is 1. The molecule has 0 bridgehead atoms. The van der Waals surface area contributed by atoms with Gasteiger partial charge in [-0.25, -0.2) is 14.8 Å². The van der Waals surface area contributed by atoms with Gasteiger partial charge in [0, 0.05) is 25.4 Å². The molecule has 2 amide bonds. The van der Waals surface area contributed by atoms with E-state index >= 15 is 0 Å². The molecule has 0 aliphatic heterocycles. The van der Waals surface area contributed by atoms with E-state index in [1.165, 1.54) is 0 Å². The molecule has 22 heavy (non-hydrogen) atoms. The van der Waals surface area contributed by atoms with Gasteiger partial charge in [0.05, 0.1) is 6.20 Å². The Morgan fingerprint density at radius 2 is 2.18 bits per heavy atom. The van der Waals surface area contributed by atoms with E-state index in [1.807, 2.05) is 43.6 Å². The van der Waals surface area contributed by atoms with Crippen LogP contribution < -0.4 is 10.6 Å². The van der Waals surface area contributed by atoms with Crippen LogP contribution in [0.15, 0.2) is 24.5 Å². The topological polar surface area (TPSA) is 89.1 Å². The molecule has 3 aromatic heterocycles. The number of aromatic nitrogens is 5. The van der Waals surface area contributed by atoms with Crippen molar-refractivity contribution >= 4 is 17.5 Å². The minimum absolute atomic E-state index is 0.270. The fourth-order valence-electron chi connectivity index (χ4n) is 2.09. The van der Waals surface area contributed by atoms with Crippen LogP contribution in [0, 0.1) is 6.92 Å². The fourth-order valence-corrected chi connectivity index (χ4v) is 2.09. The summed E-state index contributed by atoms with van der Waals surface area (Å²) in [5.74, 6) is 1.99. The Morgan fingerprint density at radius 3 is 2.86 bits per heavy atom. The first-order chi connectivity index (χ1) is 10.6. The van der Waals surface area contributed by atoms with Gasteiger partial charge in [-0.3, -0.25) is 10.00 Å². The Labute approximate surface area is 127 Å². The van der Waals surface area contributed by atoms with Gasteiger partial charge in [0.25, 0.3) is 0 Å². The highest BCUT2D eigenvalue weighted by Gasteiger charge is 2.09. The van der Waals surface area contributed by atoms with Crippen molar-refractivity contribution in [3.8, 4) is 11.4 Å². The minimum Gasteiger partial charge on any atom is -0.338 e. The number of aryl methyl sites for hydroxylation is 2. The second-order valence-corrected chi connectivity index (χ2v) is 4.90. The van der Waals surface area contributed by atoms with Crippen LogP contribution in [0.2, 0.25) is 0 Å². The van der Waals surface area contributed by atoms with Crippen LogP contribution in [0.5, 0.6) is 0 Å². The average Bonchev–Trinajstić information content (AvgIpc) is 3.01. The number of carbonyl (C=O) groups is 1. The summed E-state index contributed by atoms with van der Waals surface area (Å²) in [4.78, 5) is 20.3. The summed E-state index contributed by atoms with van der Waals surface area (Å²) in [6.07, 6.45) is 3.62. The highest BCUT2D eigenvalue weighted by molar-refractivity contribution is 5.88. The van der Waals surface area contributed by atoms with Crippen LogP contribution in [0.4, 0.5) is 10.6 Å². The van der Waals surface area contributed by atoms with E-state index in [1.54, 1.807) is 10.9 Å². The number of urea groups is 1. The number of amides is 2. The van der Waals surface area contributed by atoms with Gasteiger partial charge in [0.15, 0.2) is 11.6 Å². The van der Waals surface area contributed by atoms with Crippen LogP contribution >= 0.6 is 0 Å². The molecule has 0 aliphatic carbocycles. The number of anilines is 1. The molecule has 8 heteroatoms. The van der Waals surface area contributed by atoms with Crippen molar-refractivity contribution in [2.45, 2.75) is 13.8 Å². The number of carbonyl (C=O) groups excluding carboxylic acids is 1. The highest BCUT2D eigenvalue weighted by atomic mass is 16.2. The van der Waals surface area contributed by atoms with Crippen LogP contribution in [0.1, 0.15) is 12.7 Å². The number of imidazole rings is 1. The third-order valence-electron chi connectivity index (χ3n) is 3.28. The van der Waals surface area contributed by atoms with Gasteiger partial charge >= 0.3 is 6.03 Å². The first-order valence-electron chi connectivity index (χ1n) is 6.98. The van der Waals surface area contributed by atoms with E-state index in [0.717, 1.165) is 17.0 Å². The Hall–Kier alpha value is -2.90. The number of rotatable bonds is 3. The van der Waals surface area contributed by atoms with E-state index in [2.05, 4.69) is 25.7 Å². The Kier molecular flexibility index (Phi) is 3.50. The van der Waals surface area contributed by atoms with Crippen LogP contribution in [-0.4, -0.2) is 36.7 Å². The average molecular weight is 299 g/mol. The molecule has 3 rings (SSSR count). The molecule has 2 N–H and O–H groups in total. The molecule has 0 saturated heterocycles. The zero-order chi connectivity index (χ0) is 15.7. The van der Waals surface area contributed by atoms with Crippen LogP contribution in [0.3, 0.4) is 0 Å². The number of hydrogen-bond donors (Lipinski definition) is 2. The van der Waals surface area contributed by atoms with E-state index in [9.17, 15) is 4.79 Å². The smallest absolute Gasteiger partial charge is 0.320 e. The quantitative estimate of drug-likeness (QED) is 0.768. The summed E-state index contributed by atoms with van der Waals surface area (Å²) in [5, 5.41) is 9.71. The maximum absolute atomic E-state index is 11.5. The Balaban J connectivity index is 1.91. The maximum Gasteiger partial charge on any atom is 0.320 e. The molecule has 0 saturated carbocycles. The molecule has 114 valence electrons. The number of fused-ring (bicyclic) bond motifs is 1. The summed E-state index contributed by atoms with van der Waals surface area (Å²) in [5.41, 5.74) is 1.60. The van der Waals surface area contributed by atoms with Crippen LogP contribution in [-0.2, 0) is 7.05 Å². The van der Waals surface area contributed by atoms with Gasteiger partial charge < -0.3 is 9.72 Å². The van der Waals surface area contributed by atoms with E-state index in [-0.39, 0.29) is 6.03 Å². The van der Waals surface area contributed by atoms with Crippen LogP contribution in [0.25, 0.3) is 17.0 Å². The monoisotopic (exact) mass is 299 g/mol. The summed E-state index contributed by atoms with van der Waals surface area (Å²) >= 11 is 0.